The molecule has 0 aliphatic carbocycles. The second-order valence-corrected chi connectivity index (χ2v) is 38.7. The zero-order valence-electron chi connectivity index (χ0n) is 65.7. The molecule has 0 fully saturated rings. The maximum atomic E-state index is 11.8. The Kier molecular flexibility index (Phi) is 62.8. The minimum atomic E-state index is -1.07. The number of aryl methyl sites for hydroxylation is 2. The van der Waals surface area contributed by atoms with E-state index in [1.54, 1.807) is 4.70 Å². The van der Waals surface area contributed by atoms with Gasteiger partial charge in [0.05, 0.1) is 0 Å². The summed E-state index contributed by atoms with van der Waals surface area (Å²) in [5, 5.41) is 2.87. The van der Waals surface area contributed by atoms with Gasteiger partial charge in [0, 0.05) is 30.3 Å². The Bertz CT molecular complexity index is 1970. The van der Waals surface area contributed by atoms with E-state index in [-0.39, 0.29) is 0 Å². The maximum absolute atomic E-state index is 11.8. The molecular weight excluding hydrogens is 1210 g/mol. The molecule has 3 rings (SSSR count). The second-order valence-electron chi connectivity index (χ2n) is 31.6. The predicted octanol–water partition coefficient (Wildman–Crippen LogP) is 33.5. The molecule has 2 nitrogen and oxygen atoms in total. The summed E-state index contributed by atoms with van der Waals surface area (Å²) in [7, 11) is -1.07. The monoisotopic (exact) mass is 1370 g/mol. The Morgan fingerprint density at radius 2 is 0.463 bits per heavy atom. The Morgan fingerprint density at radius 1 is 0.253 bits per heavy atom. The summed E-state index contributed by atoms with van der Waals surface area (Å²) >= 11 is 2.05. The van der Waals surface area contributed by atoms with Crippen LogP contribution in [0, 0.1) is 0 Å². The third kappa shape index (κ3) is 51.9. The van der Waals surface area contributed by atoms with Crippen molar-refractivity contribution >= 4 is 19.5 Å². The van der Waals surface area contributed by atoms with Crippen molar-refractivity contribution in [3.63, 3.8) is 0 Å². The molecule has 4 heteroatoms. The predicted molar refractivity (Wildman–Crippen MR) is 430 cm³/mol. The molecule has 1 aliphatic heterocycles. The van der Waals surface area contributed by atoms with Crippen molar-refractivity contribution in [3.8, 4) is 0 Å². The molecule has 0 aromatic heterocycles. The van der Waals surface area contributed by atoms with E-state index in [1.165, 1.54) is 412 Å². The van der Waals surface area contributed by atoms with Crippen molar-refractivity contribution in [2.75, 3.05) is 0 Å². The molecule has 2 aromatic rings. The van der Waals surface area contributed by atoms with Crippen LogP contribution in [0.1, 0.15) is 455 Å². The summed E-state index contributed by atoms with van der Waals surface area (Å²) in [4.78, 5) is 0. The van der Waals surface area contributed by atoms with Gasteiger partial charge < -0.3 is 5.53 Å². The first-order valence-electron chi connectivity index (χ1n) is 43.3. The Morgan fingerprint density at radius 3 is 0.695 bits per heavy atom. The zero-order chi connectivity index (χ0) is 68.4. The number of hydrogen-bond acceptors (Lipinski definition) is 0. The third-order valence-electron chi connectivity index (χ3n) is 21.0. The van der Waals surface area contributed by atoms with E-state index in [4.69, 9.17) is 0 Å². The molecule has 0 atom stereocenters. The van der Waals surface area contributed by atoms with E-state index in [0.717, 1.165) is 61.0 Å². The first kappa shape index (κ1) is 89.3. The van der Waals surface area contributed by atoms with Gasteiger partial charge in [-0.05, 0) is 80.3 Å². The summed E-state index contributed by atoms with van der Waals surface area (Å²) in [6.07, 6.45) is 91.1. The number of nitrogens with zero attached hydrogens (tertiary/aromatic N) is 2. The molecular formula is C91H166N2NiSi. The van der Waals surface area contributed by atoms with E-state index in [1.807, 2.05) is 0 Å². The van der Waals surface area contributed by atoms with E-state index >= 15 is 0 Å². The molecule has 0 bridgehead atoms. The Labute approximate surface area is 604 Å². The first-order valence-corrected chi connectivity index (χ1v) is 48.4. The van der Waals surface area contributed by atoms with E-state index in [9.17, 15) is 5.53 Å². The molecule has 2 aromatic carbocycles. The van der Waals surface area contributed by atoms with Crippen molar-refractivity contribution in [2.24, 2.45) is 0 Å². The summed E-state index contributed by atoms with van der Waals surface area (Å²) < 4.78 is 1.54. The molecule has 1 aliphatic rings. The van der Waals surface area contributed by atoms with Crippen molar-refractivity contribution in [3.05, 3.63) is 87.5 Å². The average molecular weight is 1380 g/mol. The van der Waals surface area contributed by atoms with Crippen LogP contribution < -0.4 is 0 Å². The minimum Gasteiger partial charge on any atom is -0.0654 e. The normalized spacial score (nSPS) is 12.7. The number of rotatable bonds is 70. The van der Waals surface area contributed by atoms with Crippen LogP contribution in [0.5, 0.6) is 0 Å². The van der Waals surface area contributed by atoms with Gasteiger partial charge in [-0.25, -0.2) is 4.70 Å². The van der Waals surface area contributed by atoms with Crippen molar-refractivity contribution in [2.45, 2.75) is 482 Å². The van der Waals surface area contributed by atoms with Crippen molar-refractivity contribution in [1.29, 1.82) is 0 Å². The van der Waals surface area contributed by atoms with Gasteiger partial charge in [0.15, 0.2) is 0 Å². The summed E-state index contributed by atoms with van der Waals surface area (Å²) in [5.41, 5.74) is 21.6. The molecule has 0 saturated carbocycles. The van der Waals surface area contributed by atoms with Gasteiger partial charge in [0.2, 0.25) is 11.4 Å². The number of hydrogen-bond donors (Lipinski definition) is 0. The van der Waals surface area contributed by atoms with Crippen molar-refractivity contribution in [1.82, 2.24) is 0 Å². The standard InChI is InChI=1S/C35H52N2Si.2C28H57.Ni/c1-7-10-13-16-32-33(17-14-11-8-2)35(31-24-20-29(21-25-31)26-27-38(4,5)6)37(36)34(32)30-22-18-28(19-23-30)15-12-9-3;2*1-3-5-7-9-11-13-15-17-19-21-23-25-27-28-26-24-22-20-18-16-14-12-10-8-6-4-2;/h18-25H,7-17,26-27H2,1-6H3;2*1,3-28H2,2H3;. The zero-order valence-corrected chi connectivity index (χ0v) is 67.7. The molecule has 95 heavy (non-hydrogen) atoms. The van der Waals surface area contributed by atoms with Gasteiger partial charge in [0.1, 0.15) is 0 Å². The van der Waals surface area contributed by atoms with Crippen LogP contribution in [0.3, 0.4) is 0 Å². The van der Waals surface area contributed by atoms with Gasteiger partial charge in [-0.15, -0.1) is 0 Å². The molecule has 0 spiro atoms. The van der Waals surface area contributed by atoms with Gasteiger partial charge in [-0.3, -0.25) is 0 Å². The van der Waals surface area contributed by atoms with Gasteiger partial charge >= 0.3 is 166 Å². The van der Waals surface area contributed by atoms with Gasteiger partial charge in [0.25, 0.3) is 0 Å². The van der Waals surface area contributed by atoms with Crippen LogP contribution in [-0.4, -0.2) is 12.8 Å². The number of benzene rings is 2. The van der Waals surface area contributed by atoms with E-state index < -0.39 is 8.07 Å². The second kappa shape index (κ2) is 66.8. The van der Waals surface area contributed by atoms with Crippen LogP contribution in [0.25, 0.3) is 16.9 Å². The van der Waals surface area contributed by atoms with Crippen LogP contribution in [0.2, 0.25) is 36.5 Å². The fourth-order valence-corrected chi connectivity index (χ4v) is 16.7. The average Bonchev–Trinajstić information content (AvgIpc) is 1.62. The molecule has 0 N–H and O–H groups in total. The quantitative estimate of drug-likeness (QED) is 0.0358. The van der Waals surface area contributed by atoms with Gasteiger partial charge in [-0.2, -0.15) is 0 Å². The number of unbranched alkanes of at least 4 members (excludes halogenated alkanes) is 55. The molecule has 0 saturated heterocycles. The van der Waals surface area contributed by atoms with E-state index in [0.29, 0.717) is 0 Å². The van der Waals surface area contributed by atoms with Gasteiger partial charge in [-0.1, -0.05) is 309 Å². The van der Waals surface area contributed by atoms with Crippen LogP contribution in [-0.2, 0) is 27.3 Å². The molecule has 0 unspecified atom stereocenters. The fourth-order valence-electron chi connectivity index (χ4n) is 14.5. The number of allylic oxidation sites excluding steroid dienone is 2. The summed E-state index contributed by atoms with van der Waals surface area (Å²) in [6, 6.07) is 19.4. The minimum absolute atomic E-state index is 1.01. The molecule has 554 valence electrons. The first-order chi connectivity index (χ1) is 46.7. The third-order valence-corrected chi connectivity index (χ3v) is 24.2. The van der Waals surface area contributed by atoms with Crippen LogP contribution in [0.15, 0.2) is 59.7 Å². The van der Waals surface area contributed by atoms with Crippen molar-refractivity contribution < 1.29 is 19.1 Å². The molecule has 0 amide bonds. The fraction of sp³-hybridized carbons (Fsp3) is 0.824. The van der Waals surface area contributed by atoms with E-state index in [2.05, 4.69) is 117 Å². The Balaban J connectivity index is 0.000000696. The van der Waals surface area contributed by atoms with Crippen LogP contribution >= 0.6 is 0 Å². The smallest absolute Gasteiger partial charge is 0.0654 e. The molecule has 0 radical (unpaired) electrons. The Hall–Kier alpha value is -1.77. The van der Waals surface area contributed by atoms with Crippen LogP contribution in [0.4, 0.5) is 0 Å². The summed E-state index contributed by atoms with van der Waals surface area (Å²) in [5.74, 6) is 0. The molecule has 1 heterocycles. The summed E-state index contributed by atoms with van der Waals surface area (Å²) in [6.45, 7) is 18.7. The topological polar surface area (TPSA) is 25.3 Å². The SMILES string of the molecule is CCCCCC1=C(c2ccc(CCCC)cc2)[N+](=[N-])C(c2ccc(CC[Si](C)(C)C)cc2)=C1CCCCC.CCCCCCCCCCCCCCCCCCCCCCCCCCC[CH2][Ni][CH2]CCCCCCCCCCCCCCCCCCCCCCCCCCC.